The van der Waals surface area contributed by atoms with Gasteiger partial charge >= 0.3 is 0 Å². The van der Waals surface area contributed by atoms with Crippen LogP contribution in [0.25, 0.3) is 0 Å². The molecular formula is C31H29BrN2O2. The second kappa shape index (κ2) is 10.6. The van der Waals surface area contributed by atoms with E-state index in [-0.39, 0.29) is 12.6 Å². The molecule has 1 heterocycles. The van der Waals surface area contributed by atoms with E-state index in [1.807, 2.05) is 25.3 Å². The predicted octanol–water partition coefficient (Wildman–Crippen LogP) is 7.75. The van der Waals surface area contributed by atoms with Gasteiger partial charge in [-0.15, -0.1) is 6.42 Å². The van der Waals surface area contributed by atoms with Crippen LogP contribution in [0.1, 0.15) is 47.6 Å². The third-order valence-electron chi connectivity index (χ3n) is 6.76. The van der Waals surface area contributed by atoms with E-state index in [9.17, 15) is 0 Å². The Morgan fingerprint density at radius 1 is 1.14 bits per heavy atom. The van der Waals surface area contributed by atoms with Crippen molar-refractivity contribution >= 4 is 33.5 Å². The Balaban J connectivity index is 1.35. The highest BCUT2D eigenvalue weighted by Gasteiger charge is 2.37. The number of fused-ring (bicyclic) bond motifs is 3. The topological polar surface area (TPSA) is 42.8 Å². The Kier molecular flexibility index (Phi) is 7.16. The van der Waals surface area contributed by atoms with Crippen LogP contribution in [0.3, 0.4) is 0 Å². The summed E-state index contributed by atoms with van der Waals surface area (Å²) in [4.78, 5) is 4.70. The van der Waals surface area contributed by atoms with Crippen molar-refractivity contribution in [3.63, 3.8) is 0 Å². The minimum absolute atomic E-state index is 0.178. The smallest absolute Gasteiger partial charge is 0.176 e. The molecule has 4 nitrogen and oxygen atoms in total. The Bertz CT molecular complexity index is 1350. The fraction of sp³-hybridized carbons (Fsp3) is 0.258. The van der Waals surface area contributed by atoms with Gasteiger partial charge in [0.2, 0.25) is 0 Å². The van der Waals surface area contributed by atoms with Crippen molar-refractivity contribution in [1.29, 1.82) is 0 Å². The van der Waals surface area contributed by atoms with Gasteiger partial charge in [-0.2, -0.15) is 0 Å². The van der Waals surface area contributed by atoms with Crippen LogP contribution in [0.15, 0.2) is 76.2 Å². The molecule has 5 rings (SSSR count). The summed E-state index contributed by atoms with van der Waals surface area (Å²) in [7, 11) is 0. The number of nitrogens with zero attached hydrogens (tertiary/aromatic N) is 1. The van der Waals surface area contributed by atoms with E-state index >= 15 is 0 Å². The van der Waals surface area contributed by atoms with Gasteiger partial charge in [-0.1, -0.05) is 47.9 Å². The summed E-state index contributed by atoms with van der Waals surface area (Å²) in [5.74, 6) is 4.72. The highest BCUT2D eigenvalue weighted by Crippen LogP contribution is 2.50. The zero-order valence-electron chi connectivity index (χ0n) is 20.5. The quantitative estimate of drug-likeness (QED) is 0.189. The normalized spacial score (nSPS) is 19.9. The number of rotatable bonds is 7. The largest absolute Gasteiger partial charge is 0.490 e. The molecule has 0 bridgehead atoms. The maximum atomic E-state index is 5.76. The molecule has 0 unspecified atom stereocenters. The van der Waals surface area contributed by atoms with Crippen LogP contribution >= 0.6 is 15.9 Å². The van der Waals surface area contributed by atoms with Gasteiger partial charge in [0.1, 0.15) is 6.61 Å². The molecule has 2 aliphatic rings. The average Bonchev–Trinajstić information content (AvgIpc) is 3.38. The monoisotopic (exact) mass is 540 g/mol. The average molecular weight is 541 g/mol. The lowest BCUT2D eigenvalue weighted by molar-refractivity contribution is 0.298. The molecule has 3 aromatic carbocycles. The summed E-state index contributed by atoms with van der Waals surface area (Å²) in [6, 6.07) is 19.4. The van der Waals surface area contributed by atoms with Crippen LogP contribution in [0, 0.1) is 25.2 Å². The molecule has 5 heteroatoms. The lowest BCUT2D eigenvalue weighted by Crippen LogP contribution is -2.29. The first-order valence-corrected chi connectivity index (χ1v) is 13.1. The first-order chi connectivity index (χ1) is 17.6. The van der Waals surface area contributed by atoms with E-state index in [1.54, 1.807) is 0 Å². The van der Waals surface area contributed by atoms with Gasteiger partial charge < -0.3 is 14.8 Å². The SMILES string of the molecule is C#CCOc1c(Br)cc(C=Nc2ccc([C@@H]3Nc4ccc(C)cc4[C@H]4C=CC[C@H]43)cc2)cc1OCC. The number of allylic oxidation sites excluding steroid dienone is 2. The lowest BCUT2D eigenvalue weighted by atomic mass is 9.76. The second-order valence-corrected chi connectivity index (χ2v) is 10.0. The summed E-state index contributed by atoms with van der Waals surface area (Å²) >= 11 is 3.57. The molecule has 0 spiro atoms. The molecule has 1 N–H and O–H groups in total. The Hall–Kier alpha value is -3.49. The predicted molar refractivity (Wildman–Crippen MR) is 151 cm³/mol. The molecule has 0 amide bonds. The molecule has 0 saturated heterocycles. The molecule has 0 radical (unpaired) electrons. The number of ether oxygens (including phenoxy) is 2. The van der Waals surface area contributed by atoms with Crippen molar-refractivity contribution in [2.24, 2.45) is 10.9 Å². The lowest BCUT2D eigenvalue weighted by Gasteiger charge is -2.37. The van der Waals surface area contributed by atoms with E-state index in [0.717, 1.165) is 22.1 Å². The maximum absolute atomic E-state index is 5.76. The number of aliphatic imine (C=N–C) groups is 1. The number of nitrogens with one attached hydrogen (secondary N) is 1. The van der Waals surface area contributed by atoms with Crippen LogP contribution in [-0.4, -0.2) is 19.4 Å². The van der Waals surface area contributed by atoms with Crippen LogP contribution in [0.5, 0.6) is 11.5 Å². The molecular weight excluding hydrogens is 512 g/mol. The molecule has 3 aromatic rings. The summed E-state index contributed by atoms with van der Waals surface area (Å²) in [6.07, 6.45) is 13.0. The zero-order valence-corrected chi connectivity index (χ0v) is 22.1. The molecule has 0 saturated carbocycles. The number of terminal acetylenes is 1. The fourth-order valence-electron chi connectivity index (χ4n) is 5.14. The number of hydrogen-bond donors (Lipinski definition) is 1. The van der Waals surface area contributed by atoms with Crippen molar-refractivity contribution in [1.82, 2.24) is 0 Å². The first kappa shape index (κ1) is 24.2. The first-order valence-electron chi connectivity index (χ1n) is 12.3. The van der Waals surface area contributed by atoms with Crippen molar-refractivity contribution in [3.05, 3.63) is 93.5 Å². The molecule has 36 heavy (non-hydrogen) atoms. The summed E-state index contributed by atoms with van der Waals surface area (Å²) in [5, 5.41) is 3.81. The molecule has 3 atom stereocenters. The fourth-order valence-corrected chi connectivity index (χ4v) is 5.71. The highest BCUT2D eigenvalue weighted by atomic mass is 79.9. The maximum Gasteiger partial charge on any atom is 0.176 e. The minimum Gasteiger partial charge on any atom is -0.490 e. The van der Waals surface area contributed by atoms with Crippen LogP contribution in [0.4, 0.5) is 11.4 Å². The van der Waals surface area contributed by atoms with Crippen LogP contribution < -0.4 is 14.8 Å². The third-order valence-corrected chi connectivity index (χ3v) is 7.35. The highest BCUT2D eigenvalue weighted by molar-refractivity contribution is 9.10. The van der Waals surface area contributed by atoms with Gasteiger partial charge in [0.05, 0.1) is 22.8 Å². The summed E-state index contributed by atoms with van der Waals surface area (Å²) in [5.41, 5.74) is 7.06. The second-order valence-electron chi connectivity index (χ2n) is 9.17. The number of aryl methyl sites for hydroxylation is 1. The standard InChI is InChI=1S/C31H29BrN2O2/c1-4-15-36-31-27(32)17-21(18-29(31)35-5-2)19-33-23-12-10-22(11-13-23)30-25-8-6-7-24(25)26-16-20(3)9-14-28(26)34-30/h1,6-7,9-14,16-19,24-25,30,34H,5,8,15H2,2-3H3/t24-,25+,30-/m0/s1. The van der Waals surface area contributed by atoms with Crippen molar-refractivity contribution in [2.75, 3.05) is 18.5 Å². The molecule has 1 aliphatic carbocycles. The van der Waals surface area contributed by atoms with E-state index in [0.29, 0.717) is 29.9 Å². The number of anilines is 1. The third kappa shape index (κ3) is 4.92. The van der Waals surface area contributed by atoms with Gasteiger partial charge in [-0.05, 0) is 89.1 Å². The summed E-state index contributed by atoms with van der Waals surface area (Å²) in [6.45, 7) is 4.80. The van der Waals surface area contributed by atoms with Gasteiger partial charge in [0.15, 0.2) is 11.5 Å². The molecule has 0 fully saturated rings. The number of hydrogen-bond acceptors (Lipinski definition) is 4. The van der Waals surface area contributed by atoms with Gasteiger partial charge in [0, 0.05) is 17.8 Å². The zero-order chi connectivity index (χ0) is 25.1. The summed E-state index contributed by atoms with van der Waals surface area (Å²) < 4.78 is 12.2. The van der Waals surface area contributed by atoms with Crippen molar-refractivity contribution in [3.8, 4) is 23.8 Å². The van der Waals surface area contributed by atoms with Gasteiger partial charge in [0.25, 0.3) is 0 Å². The van der Waals surface area contributed by atoms with Gasteiger partial charge in [-0.25, -0.2) is 0 Å². The van der Waals surface area contributed by atoms with Gasteiger partial charge in [-0.3, -0.25) is 4.99 Å². The van der Waals surface area contributed by atoms with Crippen molar-refractivity contribution in [2.45, 2.75) is 32.2 Å². The Labute approximate surface area is 221 Å². The van der Waals surface area contributed by atoms with Crippen LogP contribution in [-0.2, 0) is 0 Å². The van der Waals surface area contributed by atoms with Crippen LogP contribution in [0.2, 0.25) is 0 Å². The Morgan fingerprint density at radius 3 is 2.75 bits per heavy atom. The Morgan fingerprint density at radius 2 is 1.97 bits per heavy atom. The van der Waals surface area contributed by atoms with E-state index in [4.69, 9.17) is 20.9 Å². The minimum atomic E-state index is 0.178. The van der Waals surface area contributed by atoms with E-state index in [2.05, 4.69) is 88.7 Å². The number of benzene rings is 3. The number of halogens is 1. The molecule has 182 valence electrons. The van der Waals surface area contributed by atoms with E-state index < -0.39 is 0 Å². The van der Waals surface area contributed by atoms with E-state index in [1.165, 1.54) is 22.4 Å². The molecule has 0 aromatic heterocycles. The molecule has 1 aliphatic heterocycles. The van der Waals surface area contributed by atoms with Crippen molar-refractivity contribution < 1.29 is 9.47 Å².